The Balaban J connectivity index is 2.29. The molecule has 5 heteroatoms. The first-order valence-corrected chi connectivity index (χ1v) is 3.96. The molecule has 1 aliphatic rings. The van der Waals surface area contributed by atoms with Crippen LogP contribution in [0.5, 0.6) is 0 Å². The zero-order valence-corrected chi connectivity index (χ0v) is 6.77. The summed E-state index contributed by atoms with van der Waals surface area (Å²) in [6, 6.07) is 0. The number of carbonyl (C=O) groups excluding carboxylic acids is 1. The number of nitrogens with zero attached hydrogens (tertiary/aromatic N) is 2. The molecule has 0 saturated carbocycles. The predicted molar refractivity (Wildman–Crippen MR) is 42.2 cm³/mol. The van der Waals surface area contributed by atoms with E-state index in [2.05, 4.69) is 9.89 Å². The third-order valence-electron chi connectivity index (χ3n) is 1.81. The highest BCUT2D eigenvalue weighted by molar-refractivity contribution is 5.76. The quantitative estimate of drug-likeness (QED) is 0.278. The Kier molecular flexibility index (Phi) is 3.37. The monoisotopic (exact) mass is 172 g/mol. The van der Waals surface area contributed by atoms with Crippen LogP contribution in [0.3, 0.4) is 0 Å². The van der Waals surface area contributed by atoms with Gasteiger partial charge in [-0.15, -0.1) is 0 Å². The number of rotatable bonds is 1. The molecule has 0 radical (unpaired) electrons. The van der Waals surface area contributed by atoms with E-state index in [1.165, 1.54) is 0 Å². The molecule has 1 aliphatic heterocycles. The lowest BCUT2D eigenvalue weighted by Crippen LogP contribution is -2.35. The fourth-order valence-corrected chi connectivity index (χ4v) is 1.22. The van der Waals surface area contributed by atoms with Gasteiger partial charge in [0, 0.05) is 13.1 Å². The van der Waals surface area contributed by atoms with E-state index >= 15 is 0 Å². The average molecular weight is 172 g/mol. The van der Waals surface area contributed by atoms with Gasteiger partial charge in [0.1, 0.15) is 0 Å². The number of oxime groups is 1. The summed E-state index contributed by atoms with van der Waals surface area (Å²) in [6.07, 6.45) is 3.50. The molecule has 1 N–H and O–H groups in total. The van der Waals surface area contributed by atoms with Gasteiger partial charge in [0.15, 0.2) is 0 Å². The molecule has 0 unspecified atom stereocenters. The van der Waals surface area contributed by atoms with Crippen molar-refractivity contribution in [3.8, 4) is 0 Å². The van der Waals surface area contributed by atoms with Crippen LogP contribution < -0.4 is 0 Å². The van der Waals surface area contributed by atoms with Crippen LogP contribution in [0.15, 0.2) is 5.16 Å². The van der Waals surface area contributed by atoms with Crippen molar-refractivity contribution in [2.75, 3.05) is 13.1 Å². The molecule has 0 aromatic rings. The maximum Gasteiger partial charge on any atom is 0.416 e. The van der Waals surface area contributed by atoms with Crippen LogP contribution in [0, 0.1) is 0 Å². The lowest BCUT2D eigenvalue weighted by atomic mass is 10.1. The van der Waals surface area contributed by atoms with Crippen molar-refractivity contribution in [2.24, 2.45) is 5.16 Å². The fourth-order valence-electron chi connectivity index (χ4n) is 1.22. The molecular weight excluding hydrogens is 160 g/mol. The molecule has 0 aliphatic carbocycles. The molecule has 12 heavy (non-hydrogen) atoms. The Morgan fingerprint density at radius 3 is 2.67 bits per heavy atom. The second-order valence-corrected chi connectivity index (χ2v) is 2.65. The van der Waals surface area contributed by atoms with Gasteiger partial charge < -0.3 is 14.8 Å². The molecule has 0 spiro atoms. The largest absolute Gasteiger partial charge is 0.416 e. The lowest BCUT2D eigenvalue weighted by Gasteiger charge is -2.24. The second-order valence-electron chi connectivity index (χ2n) is 2.65. The van der Waals surface area contributed by atoms with E-state index in [-0.39, 0.29) is 0 Å². The molecule has 1 fully saturated rings. The summed E-state index contributed by atoms with van der Waals surface area (Å²) in [5, 5.41) is 10.6. The van der Waals surface area contributed by atoms with Crippen LogP contribution in [0.1, 0.15) is 19.3 Å². The zero-order chi connectivity index (χ0) is 8.81. The Morgan fingerprint density at radius 1 is 1.42 bits per heavy atom. The molecule has 0 aromatic heterocycles. The molecule has 68 valence electrons. The minimum atomic E-state index is -0.437. The predicted octanol–water partition coefficient (Wildman–Crippen LogP) is 1.03. The molecule has 1 rings (SSSR count). The number of hydrogen-bond acceptors (Lipinski definition) is 4. The molecule has 1 amide bonds. The Hall–Kier alpha value is -1.26. The van der Waals surface area contributed by atoms with E-state index in [9.17, 15) is 4.79 Å². The number of likely N-dealkylation sites (tertiary alicyclic amines) is 1. The summed E-state index contributed by atoms with van der Waals surface area (Å²) < 4.78 is 4.48. The molecule has 1 saturated heterocycles. The van der Waals surface area contributed by atoms with Crippen molar-refractivity contribution in [3.05, 3.63) is 0 Å². The molecule has 0 aromatic carbocycles. The van der Waals surface area contributed by atoms with Crippen LogP contribution in [0.2, 0.25) is 0 Å². The van der Waals surface area contributed by atoms with Crippen molar-refractivity contribution >= 4 is 12.5 Å². The number of amides is 1. The lowest BCUT2D eigenvalue weighted by molar-refractivity contribution is 0.139. The van der Waals surface area contributed by atoms with Gasteiger partial charge in [-0.3, -0.25) is 0 Å². The van der Waals surface area contributed by atoms with E-state index in [1.54, 1.807) is 4.90 Å². The van der Waals surface area contributed by atoms with Gasteiger partial charge in [-0.2, -0.15) is 0 Å². The van der Waals surface area contributed by atoms with Crippen molar-refractivity contribution in [2.45, 2.75) is 19.3 Å². The van der Waals surface area contributed by atoms with Gasteiger partial charge in [0.25, 0.3) is 0 Å². The SMILES string of the molecule is O=C(OC=NO)N1CCCCC1. The third kappa shape index (κ3) is 2.41. The highest BCUT2D eigenvalue weighted by Crippen LogP contribution is 2.09. The van der Waals surface area contributed by atoms with Gasteiger partial charge in [0.05, 0.1) is 0 Å². The Bertz CT molecular complexity index is 175. The molecular formula is C7H12N2O3. The zero-order valence-electron chi connectivity index (χ0n) is 6.77. The standard InChI is InChI=1S/C7H12N2O3/c10-7(12-6-8-11)9-4-2-1-3-5-9/h6,11H,1-5H2. The molecule has 0 atom stereocenters. The normalized spacial score (nSPS) is 18.2. The summed E-state index contributed by atoms with van der Waals surface area (Å²) in [5.74, 6) is 0. The number of piperidine rings is 1. The first-order valence-electron chi connectivity index (χ1n) is 3.96. The van der Waals surface area contributed by atoms with Crippen LogP contribution >= 0.6 is 0 Å². The summed E-state index contributed by atoms with van der Waals surface area (Å²) in [6.45, 7) is 1.47. The first-order chi connectivity index (χ1) is 5.84. The average Bonchev–Trinajstić information content (AvgIpc) is 2.15. The number of ether oxygens (including phenoxy) is 1. The smallest absolute Gasteiger partial charge is 0.408 e. The Labute approximate surface area is 70.6 Å². The van der Waals surface area contributed by atoms with Crippen molar-refractivity contribution in [3.63, 3.8) is 0 Å². The summed E-state index contributed by atoms with van der Waals surface area (Å²) >= 11 is 0. The fraction of sp³-hybridized carbons (Fsp3) is 0.714. The van der Waals surface area contributed by atoms with E-state index in [0.29, 0.717) is 0 Å². The van der Waals surface area contributed by atoms with E-state index in [4.69, 9.17) is 5.21 Å². The van der Waals surface area contributed by atoms with Crippen molar-refractivity contribution in [1.29, 1.82) is 0 Å². The highest BCUT2D eigenvalue weighted by atomic mass is 16.6. The van der Waals surface area contributed by atoms with Gasteiger partial charge in [-0.05, 0) is 19.3 Å². The van der Waals surface area contributed by atoms with E-state index in [0.717, 1.165) is 38.8 Å². The van der Waals surface area contributed by atoms with Crippen LogP contribution in [0.25, 0.3) is 0 Å². The maximum absolute atomic E-state index is 11.1. The minimum Gasteiger partial charge on any atom is -0.408 e. The van der Waals surface area contributed by atoms with Crippen LogP contribution in [-0.4, -0.2) is 35.7 Å². The maximum atomic E-state index is 11.1. The molecule has 5 nitrogen and oxygen atoms in total. The van der Waals surface area contributed by atoms with Gasteiger partial charge in [-0.1, -0.05) is 5.16 Å². The van der Waals surface area contributed by atoms with E-state index < -0.39 is 6.09 Å². The Morgan fingerprint density at radius 2 is 2.08 bits per heavy atom. The van der Waals surface area contributed by atoms with Crippen LogP contribution in [0.4, 0.5) is 4.79 Å². The van der Waals surface area contributed by atoms with E-state index in [1.807, 2.05) is 0 Å². The molecule has 0 bridgehead atoms. The highest BCUT2D eigenvalue weighted by Gasteiger charge is 2.16. The second kappa shape index (κ2) is 4.58. The van der Waals surface area contributed by atoms with Gasteiger partial charge in [0.2, 0.25) is 6.40 Å². The summed E-state index contributed by atoms with van der Waals surface area (Å²) in [7, 11) is 0. The van der Waals surface area contributed by atoms with Gasteiger partial charge >= 0.3 is 6.09 Å². The first kappa shape index (κ1) is 8.83. The van der Waals surface area contributed by atoms with Crippen molar-refractivity contribution < 1.29 is 14.7 Å². The summed E-state index contributed by atoms with van der Waals surface area (Å²) in [5.41, 5.74) is 0. The van der Waals surface area contributed by atoms with Crippen LogP contribution in [-0.2, 0) is 4.74 Å². The van der Waals surface area contributed by atoms with Gasteiger partial charge in [-0.25, -0.2) is 4.79 Å². The topological polar surface area (TPSA) is 62.1 Å². The summed E-state index contributed by atoms with van der Waals surface area (Å²) in [4.78, 5) is 12.7. The number of hydrogen-bond donors (Lipinski definition) is 1. The minimum absolute atomic E-state index is 0.437. The number of carbonyl (C=O) groups is 1. The molecule has 1 heterocycles. The van der Waals surface area contributed by atoms with Crippen molar-refractivity contribution in [1.82, 2.24) is 4.90 Å². The third-order valence-corrected chi connectivity index (χ3v) is 1.81.